The van der Waals surface area contributed by atoms with Gasteiger partial charge in [-0.1, -0.05) is 256 Å². The van der Waals surface area contributed by atoms with Crippen molar-refractivity contribution in [2.75, 3.05) is 13.2 Å². The number of hydrogen-bond donors (Lipinski definition) is 0. The van der Waals surface area contributed by atoms with Gasteiger partial charge in [0.05, 0.1) is 0 Å². The molecule has 0 aromatic rings. The van der Waals surface area contributed by atoms with Crippen molar-refractivity contribution in [1.29, 1.82) is 0 Å². The number of unbranched alkanes of at least 4 members (excludes halogenated alkanes) is 34. The lowest BCUT2D eigenvalue weighted by Gasteiger charge is -2.18. The molecule has 1 unspecified atom stereocenters. The molecule has 6 nitrogen and oxygen atoms in total. The van der Waals surface area contributed by atoms with E-state index in [1.807, 2.05) is 0 Å². The zero-order chi connectivity index (χ0) is 46.5. The molecule has 0 aliphatic heterocycles. The average Bonchev–Trinajstić information content (AvgIpc) is 3.29. The number of rotatable bonds is 51. The lowest BCUT2D eigenvalue weighted by atomic mass is 10.0. The van der Waals surface area contributed by atoms with Gasteiger partial charge in [-0.25, -0.2) is 0 Å². The highest BCUT2D eigenvalue weighted by Crippen LogP contribution is 2.16. The van der Waals surface area contributed by atoms with Crippen molar-refractivity contribution in [1.82, 2.24) is 0 Å². The molecule has 0 aliphatic carbocycles. The number of esters is 3. The summed E-state index contributed by atoms with van der Waals surface area (Å²) >= 11 is 0. The van der Waals surface area contributed by atoms with E-state index in [9.17, 15) is 14.4 Å². The minimum atomic E-state index is -0.772. The third-order valence-corrected chi connectivity index (χ3v) is 12.4. The lowest BCUT2D eigenvalue weighted by Crippen LogP contribution is -2.30. The smallest absolute Gasteiger partial charge is 0.306 e. The van der Waals surface area contributed by atoms with E-state index in [4.69, 9.17) is 14.2 Å². The molecule has 6 heteroatoms. The zero-order valence-electron chi connectivity index (χ0n) is 42.8. The Morgan fingerprint density at radius 2 is 0.562 bits per heavy atom. The summed E-state index contributed by atoms with van der Waals surface area (Å²) in [4.78, 5) is 38.1. The maximum Gasteiger partial charge on any atom is 0.306 e. The molecule has 0 aliphatic rings. The SMILES string of the molecule is CCCCC/C=C\C/C=C\C/C=C\CCCCCCCCC(=O)OCC(COC(=O)CCCCCCCCCCCCCC)OC(=O)CCCCCCCCCCCCCCCCC. The van der Waals surface area contributed by atoms with Crippen LogP contribution in [-0.4, -0.2) is 37.2 Å². The second-order valence-electron chi connectivity index (χ2n) is 18.9. The first-order chi connectivity index (χ1) is 31.5. The molecular weight excluding hydrogens is 793 g/mol. The molecule has 0 radical (unpaired) electrons. The van der Waals surface area contributed by atoms with Crippen LogP contribution in [0.15, 0.2) is 36.5 Å². The summed E-state index contributed by atoms with van der Waals surface area (Å²) in [6, 6.07) is 0. The third-order valence-electron chi connectivity index (χ3n) is 12.4. The first kappa shape index (κ1) is 61.6. The molecule has 0 bridgehead atoms. The van der Waals surface area contributed by atoms with Crippen molar-refractivity contribution in [3.63, 3.8) is 0 Å². The predicted molar refractivity (Wildman–Crippen MR) is 275 cm³/mol. The molecule has 0 saturated heterocycles. The van der Waals surface area contributed by atoms with Crippen LogP contribution in [0.3, 0.4) is 0 Å². The van der Waals surface area contributed by atoms with Gasteiger partial charge in [0.25, 0.3) is 0 Å². The number of hydrogen-bond acceptors (Lipinski definition) is 6. The summed E-state index contributed by atoms with van der Waals surface area (Å²) in [6.45, 7) is 6.63. The van der Waals surface area contributed by atoms with Crippen molar-refractivity contribution < 1.29 is 28.6 Å². The molecule has 0 aromatic carbocycles. The summed E-state index contributed by atoms with van der Waals surface area (Å²) in [5, 5.41) is 0. The molecule has 0 heterocycles. The summed E-state index contributed by atoms with van der Waals surface area (Å²) < 4.78 is 16.8. The van der Waals surface area contributed by atoms with Gasteiger partial charge in [0.1, 0.15) is 13.2 Å². The van der Waals surface area contributed by atoms with E-state index < -0.39 is 6.10 Å². The van der Waals surface area contributed by atoms with Crippen LogP contribution in [0.25, 0.3) is 0 Å². The number of ether oxygens (including phenoxy) is 3. The second-order valence-corrected chi connectivity index (χ2v) is 18.9. The molecule has 0 amide bonds. The van der Waals surface area contributed by atoms with E-state index in [0.29, 0.717) is 19.3 Å². The van der Waals surface area contributed by atoms with E-state index in [0.717, 1.165) is 77.0 Å². The normalized spacial score (nSPS) is 12.2. The Balaban J connectivity index is 4.34. The Bertz CT molecular complexity index is 1080. The summed E-state index contributed by atoms with van der Waals surface area (Å²) in [5.74, 6) is -0.869. The first-order valence-electron chi connectivity index (χ1n) is 28.0. The molecule has 0 aromatic heterocycles. The van der Waals surface area contributed by atoms with Crippen molar-refractivity contribution in [2.24, 2.45) is 0 Å². The van der Waals surface area contributed by atoms with Gasteiger partial charge in [0.15, 0.2) is 6.10 Å². The fourth-order valence-corrected chi connectivity index (χ4v) is 8.16. The van der Waals surface area contributed by atoms with Crippen LogP contribution in [0, 0.1) is 0 Å². The Labute approximate surface area is 397 Å². The molecule has 0 rings (SSSR count). The van der Waals surface area contributed by atoms with Crippen LogP contribution in [0.2, 0.25) is 0 Å². The molecule has 0 fully saturated rings. The molecule has 374 valence electrons. The maximum absolute atomic E-state index is 12.8. The van der Waals surface area contributed by atoms with Gasteiger partial charge >= 0.3 is 17.9 Å². The Hall–Kier alpha value is -2.37. The minimum absolute atomic E-state index is 0.0717. The van der Waals surface area contributed by atoms with Crippen molar-refractivity contribution >= 4 is 17.9 Å². The average molecular weight is 899 g/mol. The van der Waals surface area contributed by atoms with Crippen molar-refractivity contribution in [3.05, 3.63) is 36.5 Å². The predicted octanol–water partition coefficient (Wildman–Crippen LogP) is 18.5. The van der Waals surface area contributed by atoms with Crippen LogP contribution in [0.5, 0.6) is 0 Å². The number of carbonyl (C=O) groups excluding carboxylic acids is 3. The standard InChI is InChI=1S/C58H106O6/c1-4-7-10-13-16-19-22-25-27-28-29-30-32-33-36-39-42-45-48-51-57(60)63-54-55(53-62-56(59)50-47-44-41-38-35-24-21-18-15-12-9-6-3)64-58(61)52-49-46-43-40-37-34-31-26-23-20-17-14-11-8-5-2/h16,19,25,27,29-30,55H,4-15,17-18,20-24,26,28,31-54H2,1-3H3/b19-16-,27-25-,30-29-. The largest absolute Gasteiger partial charge is 0.462 e. The van der Waals surface area contributed by atoms with E-state index in [2.05, 4.69) is 57.2 Å². The number of carbonyl (C=O) groups is 3. The van der Waals surface area contributed by atoms with E-state index >= 15 is 0 Å². The van der Waals surface area contributed by atoms with Crippen LogP contribution >= 0.6 is 0 Å². The highest BCUT2D eigenvalue weighted by molar-refractivity contribution is 5.71. The van der Waals surface area contributed by atoms with Gasteiger partial charge in [-0.2, -0.15) is 0 Å². The highest BCUT2D eigenvalue weighted by Gasteiger charge is 2.19. The fraction of sp³-hybridized carbons (Fsp3) is 0.845. The summed E-state index contributed by atoms with van der Waals surface area (Å²) in [7, 11) is 0. The van der Waals surface area contributed by atoms with Crippen LogP contribution in [-0.2, 0) is 28.6 Å². The van der Waals surface area contributed by atoms with Gasteiger partial charge in [-0.15, -0.1) is 0 Å². The summed E-state index contributed by atoms with van der Waals surface area (Å²) in [6.07, 6.45) is 62.7. The Kier molecular flexibility index (Phi) is 51.3. The van der Waals surface area contributed by atoms with E-state index in [1.165, 1.54) is 180 Å². The maximum atomic E-state index is 12.8. The molecule has 1 atom stereocenters. The quantitative estimate of drug-likeness (QED) is 0.0262. The molecule has 0 N–H and O–H groups in total. The van der Waals surface area contributed by atoms with Crippen molar-refractivity contribution in [3.8, 4) is 0 Å². The van der Waals surface area contributed by atoms with Gasteiger partial charge in [0.2, 0.25) is 0 Å². The molecule has 0 spiro atoms. The molecular formula is C58H106O6. The van der Waals surface area contributed by atoms with Gasteiger partial charge < -0.3 is 14.2 Å². The third kappa shape index (κ3) is 50.6. The fourth-order valence-electron chi connectivity index (χ4n) is 8.16. The monoisotopic (exact) mass is 899 g/mol. The van der Waals surface area contributed by atoms with E-state index in [-0.39, 0.29) is 31.1 Å². The van der Waals surface area contributed by atoms with Crippen LogP contribution in [0.4, 0.5) is 0 Å². The second kappa shape index (κ2) is 53.2. The van der Waals surface area contributed by atoms with Crippen molar-refractivity contribution in [2.45, 2.75) is 303 Å². The molecule has 0 saturated carbocycles. The Morgan fingerprint density at radius 3 is 0.906 bits per heavy atom. The van der Waals surface area contributed by atoms with E-state index in [1.54, 1.807) is 0 Å². The topological polar surface area (TPSA) is 78.9 Å². The molecule has 64 heavy (non-hydrogen) atoms. The van der Waals surface area contributed by atoms with Crippen LogP contribution in [0.1, 0.15) is 297 Å². The summed E-state index contributed by atoms with van der Waals surface area (Å²) in [5.41, 5.74) is 0. The van der Waals surface area contributed by atoms with Gasteiger partial charge in [-0.3, -0.25) is 14.4 Å². The number of allylic oxidation sites excluding steroid dienone is 6. The zero-order valence-corrected chi connectivity index (χ0v) is 42.8. The van der Waals surface area contributed by atoms with Crippen LogP contribution < -0.4 is 0 Å². The highest BCUT2D eigenvalue weighted by atomic mass is 16.6. The van der Waals surface area contributed by atoms with Gasteiger partial charge in [-0.05, 0) is 57.8 Å². The van der Waals surface area contributed by atoms with Gasteiger partial charge in [0, 0.05) is 19.3 Å². The minimum Gasteiger partial charge on any atom is -0.462 e. The lowest BCUT2D eigenvalue weighted by molar-refractivity contribution is -0.167. The Morgan fingerprint density at radius 1 is 0.312 bits per heavy atom. The first-order valence-corrected chi connectivity index (χ1v) is 28.0.